The van der Waals surface area contributed by atoms with Gasteiger partial charge >= 0.3 is 5.97 Å². The minimum absolute atomic E-state index is 0.267. The van der Waals surface area contributed by atoms with E-state index in [1.165, 1.54) is 6.21 Å². The molecule has 3 rings (SSSR count). The summed E-state index contributed by atoms with van der Waals surface area (Å²) in [4.78, 5) is 24.9. The maximum Gasteiger partial charge on any atom is 0.343 e. The third-order valence-electron chi connectivity index (χ3n) is 4.90. The average molecular weight is 525 g/mol. The Hall–Kier alpha value is -4.04. The Morgan fingerprint density at radius 1 is 0.973 bits per heavy atom. The first kappa shape index (κ1) is 27.5. The van der Waals surface area contributed by atoms with Crippen molar-refractivity contribution in [2.75, 3.05) is 13.2 Å². The Morgan fingerprint density at radius 2 is 1.76 bits per heavy atom. The Balaban J connectivity index is 1.61. The van der Waals surface area contributed by atoms with Gasteiger partial charge in [0.05, 0.1) is 25.0 Å². The zero-order valence-electron chi connectivity index (χ0n) is 20.9. The van der Waals surface area contributed by atoms with Gasteiger partial charge in [-0.15, -0.1) is 0 Å². The van der Waals surface area contributed by atoms with Crippen LogP contribution in [0.1, 0.15) is 43.1 Å². The molecule has 1 amide bonds. The Morgan fingerprint density at radius 3 is 2.46 bits per heavy atom. The van der Waals surface area contributed by atoms with E-state index in [0.717, 1.165) is 6.42 Å². The zero-order chi connectivity index (χ0) is 26.6. The number of esters is 1. The van der Waals surface area contributed by atoms with Gasteiger partial charge in [0.15, 0.2) is 17.6 Å². The highest BCUT2D eigenvalue weighted by Gasteiger charge is 2.15. The van der Waals surface area contributed by atoms with Gasteiger partial charge in [0.2, 0.25) is 0 Å². The van der Waals surface area contributed by atoms with Gasteiger partial charge in [-0.05, 0) is 86.5 Å². The van der Waals surface area contributed by atoms with Crippen LogP contribution in [0, 0.1) is 0 Å². The minimum Gasteiger partial charge on any atom is -0.494 e. The van der Waals surface area contributed by atoms with E-state index < -0.39 is 18.0 Å². The van der Waals surface area contributed by atoms with E-state index in [2.05, 4.69) is 10.5 Å². The maximum atomic E-state index is 12.6. The van der Waals surface area contributed by atoms with Crippen LogP contribution in [0.25, 0.3) is 0 Å². The number of halogens is 1. The van der Waals surface area contributed by atoms with Crippen LogP contribution in [0.2, 0.25) is 5.02 Å². The number of benzene rings is 3. The van der Waals surface area contributed by atoms with Crippen LogP contribution in [0.3, 0.4) is 0 Å². The number of nitrogens with zero attached hydrogens (tertiary/aromatic N) is 1. The van der Waals surface area contributed by atoms with Crippen LogP contribution in [0.4, 0.5) is 0 Å². The van der Waals surface area contributed by atoms with Gasteiger partial charge in [0.25, 0.3) is 5.91 Å². The lowest BCUT2D eigenvalue weighted by molar-refractivity contribution is -0.127. The van der Waals surface area contributed by atoms with E-state index >= 15 is 0 Å². The second-order valence-corrected chi connectivity index (χ2v) is 8.29. The summed E-state index contributed by atoms with van der Waals surface area (Å²) in [6, 6.07) is 18.5. The number of rotatable bonds is 12. The van der Waals surface area contributed by atoms with Crippen molar-refractivity contribution in [3.05, 3.63) is 82.9 Å². The third kappa shape index (κ3) is 8.54. The highest BCUT2D eigenvalue weighted by Crippen LogP contribution is 2.29. The first-order chi connectivity index (χ1) is 17.9. The van der Waals surface area contributed by atoms with Crippen LogP contribution in [-0.2, 0) is 4.79 Å². The summed E-state index contributed by atoms with van der Waals surface area (Å²) < 4.78 is 22.3. The minimum atomic E-state index is -0.788. The van der Waals surface area contributed by atoms with Gasteiger partial charge in [-0.3, -0.25) is 4.79 Å². The topological polar surface area (TPSA) is 95.5 Å². The fraction of sp³-hybridized carbons (Fsp3) is 0.250. The molecule has 1 atom stereocenters. The SMILES string of the molecule is CCCOc1ccc(C(=O)Oc2ccc(/C=N\NC(=O)[C@@H](C)Oc3cccc(Cl)c3)cc2OCC)cc1. The summed E-state index contributed by atoms with van der Waals surface area (Å²) >= 11 is 5.94. The molecule has 1 N–H and O–H groups in total. The molecule has 0 spiro atoms. The van der Waals surface area contributed by atoms with Crippen molar-refractivity contribution >= 4 is 29.7 Å². The van der Waals surface area contributed by atoms with Gasteiger partial charge in [-0.2, -0.15) is 5.10 Å². The van der Waals surface area contributed by atoms with Crippen LogP contribution >= 0.6 is 11.6 Å². The molecule has 0 fully saturated rings. The van der Waals surface area contributed by atoms with Crippen molar-refractivity contribution in [2.24, 2.45) is 5.10 Å². The predicted octanol–water partition coefficient (Wildman–Crippen LogP) is 5.66. The largest absolute Gasteiger partial charge is 0.494 e. The molecule has 0 aromatic heterocycles. The molecule has 0 saturated carbocycles. The third-order valence-corrected chi connectivity index (χ3v) is 5.13. The molecule has 0 aliphatic carbocycles. The molecule has 0 aliphatic heterocycles. The molecule has 9 heteroatoms. The number of hydrazone groups is 1. The Bertz CT molecular complexity index is 1230. The molecule has 194 valence electrons. The van der Waals surface area contributed by atoms with Crippen LogP contribution in [-0.4, -0.2) is 37.4 Å². The van der Waals surface area contributed by atoms with Crippen LogP contribution < -0.4 is 24.4 Å². The molecule has 3 aromatic carbocycles. The van der Waals surface area contributed by atoms with Crippen molar-refractivity contribution in [3.8, 4) is 23.0 Å². The molecular weight excluding hydrogens is 496 g/mol. The van der Waals surface area contributed by atoms with Crippen LogP contribution in [0.5, 0.6) is 23.0 Å². The number of carbonyl (C=O) groups is 2. The van der Waals surface area contributed by atoms with Crippen molar-refractivity contribution < 1.29 is 28.5 Å². The fourth-order valence-electron chi connectivity index (χ4n) is 3.08. The van der Waals surface area contributed by atoms with Gasteiger partial charge in [-0.25, -0.2) is 10.2 Å². The molecular formula is C28H29ClN2O6. The zero-order valence-corrected chi connectivity index (χ0v) is 21.7. The summed E-state index contributed by atoms with van der Waals surface area (Å²) in [5.41, 5.74) is 3.45. The Kier molecular flexibility index (Phi) is 10.3. The number of hydrogen-bond acceptors (Lipinski definition) is 7. The molecule has 0 heterocycles. The highest BCUT2D eigenvalue weighted by atomic mass is 35.5. The average Bonchev–Trinajstić information content (AvgIpc) is 2.89. The molecule has 8 nitrogen and oxygen atoms in total. The predicted molar refractivity (Wildman–Crippen MR) is 142 cm³/mol. The van der Waals surface area contributed by atoms with Crippen molar-refractivity contribution in [1.29, 1.82) is 0 Å². The van der Waals surface area contributed by atoms with Crippen LogP contribution in [0.15, 0.2) is 71.8 Å². The summed E-state index contributed by atoms with van der Waals surface area (Å²) in [6.45, 7) is 6.42. The molecule has 0 aliphatic rings. The first-order valence-corrected chi connectivity index (χ1v) is 12.2. The summed E-state index contributed by atoms with van der Waals surface area (Å²) in [7, 11) is 0. The number of ether oxygens (including phenoxy) is 4. The van der Waals surface area contributed by atoms with Gasteiger partial charge in [-0.1, -0.05) is 24.6 Å². The highest BCUT2D eigenvalue weighted by molar-refractivity contribution is 6.30. The second kappa shape index (κ2) is 13.9. The Labute approximate surface area is 221 Å². The number of amides is 1. The molecule has 37 heavy (non-hydrogen) atoms. The number of hydrogen-bond donors (Lipinski definition) is 1. The quantitative estimate of drug-likeness (QED) is 0.142. The van der Waals surface area contributed by atoms with Gasteiger partial charge in [0.1, 0.15) is 11.5 Å². The fourth-order valence-corrected chi connectivity index (χ4v) is 3.26. The van der Waals surface area contributed by atoms with E-state index in [0.29, 0.717) is 46.6 Å². The van der Waals surface area contributed by atoms with Crippen molar-refractivity contribution in [3.63, 3.8) is 0 Å². The summed E-state index contributed by atoms with van der Waals surface area (Å²) in [5.74, 6) is 0.846. The molecule has 0 unspecified atom stereocenters. The lowest BCUT2D eigenvalue weighted by atomic mass is 10.2. The normalized spacial score (nSPS) is 11.6. The number of nitrogens with one attached hydrogen (secondary N) is 1. The molecule has 0 bridgehead atoms. The van der Waals surface area contributed by atoms with E-state index in [1.807, 2.05) is 13.8 Å². The van der Waals surface area contributed by atoms with E-state index in [4.69, 9.17) is 30.5 Å². The summed E-state index contributed by atoms with van der Waals surface area (Å²) in [6.07, 6.45) is 1.56. The van der Waals surface area contributed by atoms with Crippen molar-refractivity contribution in [1.82, 2.24) is 5.43 Å². The lowest BCUT2D eigenvalue weighted by Gasteiger charge is -2.13. The van der Waals surface area contributed by atoms with E-state index in [9.17, 15) is 9.59 Å². The lowest BCUT2D eigenvalue weighted by Crippen LogP contribution is -2.33. The van der Waals surface area contributed by atoms with Crippen molar-refractivity contribution in [2.45, 2.75) is 33.3 Å². The maximum absolute atomic E-state index is 12.6. The molecule has 0 radical (unpaired) electrons. The standard InChI is InChI=1S/C28H29ClN2O6/c1-4-15-35-23-12-10-21(11-13-23)28(33)37-25-14-9-20(16-26(25)34-5-2)18-30-31-27(32)19(3)36-24-8-6-7-22(29)17-24/h6-14,16-19H,4-5,15H2,1-3H3,(H,31,32)/b30-18-/t19-/m1/s1. The summed E-state index contributed by atoms with van der Waals surface area (Å²) in [5, 5.41) is 4.50. The first-order valence-electron chi connectivity index (χ1n) is 11.9. The monoisotopic (exact) mass is 524 g/mol. The van der Waals surface area contributed by atoms with E-state index in [-0.39, 0.29) is 5.75 Å². The molecule has 3 aromatic rings. The molecule has 0 saturated heterocycles. The number of carbonyl (C=O) groups excluding carboxylic acids is 2. The van der Waals surface area contributed by atoms with E-state index in [1.54, 1.807) is 73.7 Å². The van der Waals surface area contributed by atoms with Gasteiger partial charge in [0, 0.05) is 5.02 Å². The van der Waals surface area contributed by atoms with Gasteiger partial charge < -0.3 is 18.9 Å². The smallest absolute Gasteiger partial charge is 0.343 e. The second-order valence-electron chi connectivity index (χ2n) is 7.85.